The fourth-order valence-corrected chi connectivity index (χ4v) is 4.35. The Hall–Kier alpha value is 0.220. The molecule has 0 bridgehead atoms. The molecule has 13 heavy (non-hydrogen) atoms. The lowest BCUT2D eigenvalue weighted by molar-refractivity contribution is 0.163. The van der Waals surface area contributed by atoms with Gasteiger partial charge in [-0.05, 0) is 6.42 Å². The van der Waals surface area contributed by atoms with Crippen molar-refractivity contribution in [1.82, 2.24) is 0 Å². The Labute approximate surface area is 89.1 Å². The maximum Gasteiger partial charge on any atom is 0.0678 e. The molecule has 1 nitrogen and oxygen atoms in total. The molecule has 0 aromatic heterocycles. The van der Waals surface area contributed by atoms with Gasteiger partial charge >= 0.3 is 0 Å². The topological polar surface area (TPSA) is 20.2 Å². The highest BCUT2D eigenvalue weighted by molar-refractivity contribution is 8.07. The van der Waals surface area contributed by atoms with Gasteiger partial charge in [0.05, 0.1) is 6.10 Å². The molecular formula is C10H16OS2. The Morgan fingerprint density at radius 3 is 2.85 bits per heavy atom. The molecule has 3 atom stereocenters. The van der Waals surface area contributed by atoms with E-state index in [4.69, 9.17) is 6.42 Å². The van der Waals surface area contributed by atoms with Crippen molar-refractivity contribution in [3.8, 4) is 12.3 Å². The monoisotopic (exact) mass is 216 g/mol. The molecule has 74 valence electrons. The average molecular weight is 216 g/mol. The van der Waals surface area contributed by atoms with Gasteiger partial charge in [-0.1, -0.05) is 6.92 Å². The molecule has 1 saturated heterocycles. The van der Waals surface area contributed by atoms with Crippen LogP contribution in [0.5, 0.6) is 0 Å². The van der Waals surface area contributed by atoms with E-state index in [9.17, 15) is 5.11 Å². The van der Waals surface area contributed by atoms with E-state index in [0.29, 0.717) is 16.9 Å². The van der Waals surface area contributed by atoms with Crippen molar-refractivity contribution in [2.45, 2.75) is 36.4 Å². The number of terminal acetylenes is 1. The lowest BCUT2D eigenvalue weighted by Crippen LogP contribution is -2.34. The fourth-order valence-electron chi connectivity index (χ4n) is 1.47. The minimum atomic E-state index is -0.219. The maximum atomic E-state index is 9.85. The van der Waals surface area contributed by atoms with E-state index >= 15 is 0 Å². The van der Waals surface area contributed by atoms with Gasteiger partial charge in [-0.15, -0.1) is 12.3 Å². The molecule has 3 heteroatoms. The number of aliphatic hydroxyl groups excluding tert-OH is 1. The van der Waals surface area contributed by atoms with Gasteiger partial charge in [0.25, 0.3) is 0 Å². The molecule has 1 aliphatic heterocycles. The molecule has 0 radical (unpaired) electrons. The lowest BCUT2D eigenvalue weighted by Gasteiger charge is -2.31. The van der Waals surface area contributed by atoms with Crippen LogP contribution < -0.4 is 0 Å². The van der Waals surface area contributed by atoms with Gasteiger partial charge in [0.15, 0.2) is 0 Å². The van der Waals surface area contributed by atoms with Crippen LogP contribution in [0.4, 0.5) is 0 Å². The highest BCUT2D eigenvalue weighted by Crippen LogP contribution is 2.33. The van der Waals surface area contributed by atoms with E-state index in [1.54, 1.807) is 0 Å². The molecule has 1 aliphatic rings. The molecule has 0 aromatic carbocycles. The third-order valence-electron chi connectivity index (χ3n) is 2.20. The van der Waals surface area contributed by atoms with Crippen LogP contribution in [0.15, 0.2) is 0 Å². The van der Waals surface area contributed by atoms with Crippen LogP contribution in [-0.4, -0.2) is 33.2 Å². The normalized spacial score (nSPS) is 30.8. The summed E-state index contributed by atoms with van der Waals surface area (Å²) in [6.07, 6.45) is 6.39. The van der Waals surface area contributed by atoms with Gasteiger partial charge in [0, 0.05) is 28.4 Å². The highest BCUT2D eigenvalue weighted by atomic mass is 32.2. The van der Waals surface area contributed by atoms with Crippen LogP contribution in [0.2, 0.25) is 0 Å². The minimum Gasteiger partial charge on any atom is -0.392 e. The van der Waals surface area contributed by atoms with Gasteiger partial charge < -0.3 is 5.11 Å². The van der Waals surface area contributed by atoms with Gasteiger partial charge in [-0.25, -0.2) is 0 Å². The lowest BCUT2D eigenvalue weighted by atomic mass is 10.1. The molecule has 0 saturated carbocycles. The SMILES string of the molecule is C#CCCC(O)C1SCCSC1C. The van der Waals surface area contributed by atoms with Crippen molar-refractivity contribution >= 4 is 23.5 Å². The number of thioether (sulfide) groups is 2. The standard InChI is InChI=1S/C10H16OS2/c1-3-4-5-9(11)10-8(2)12-6-7-13-10/h1,8-11H,4-7H2,2H3. The van der Waals surface area contributed by atoms with E-state index < -0.39 is 0 Å². The van der Waals surface area contributed by atoms with Crippen molar-refractivity contribution in [2.24, 2.45) is 0 Å². The highest BCUT2D eigenvalue weighted by Gasteiger charge is 2.28. The molecule has 1 fully saturated rings. The maximum absolute atomic E-state index is 9.85. The zero-order valence-electron chi connectivity index (χ0n) is 7.90. The van der Waals surface area contributed by atoms with Gasteiger partial charge in [-0.2, -0.15) is 23.5 Å². The summed E-state index contributed by atoms with van der Waals surface area (Å²) in [5, 5.41) is 10.8. The van der Waals surface area contributed by atoms with Crippen molar-refractivity contribution in [1.29, 1.82) is 0 Å². The third kappa shape index (κ3) is 3.46. The summed E-state index contributed by atoms with van der Waals surface area (Å²) in [4.78, 5) is 0. The fraction of sp³-hybridized carbons (Fsp3) is 0.800. The molecule has 1 rings (SSSR count). The second-order valence-corrected chi connectivity index (χ2v) is 5.99. The molecule has 1 N–H and O–H groups in total. The predicted octanol–water partition coefficient (Wildman–Crippen LogP) is 2.00. The summed E-state index contributed by atoms with van der Waals surface area (Å²) in [5.41, 5.74) is 0. The number of hydrogen-bond donors (Lipinski definition) is 1. The second-order valence-electron chi connectivity index (χ2n) is 3.22. The average Bonchev–Trinajstić information content (AvgIpc) is 2.15. The first-order chi connectivity index (χ1) is 6.25. The molecule has 0 aliphatic carbocycles. The second kappa shape index (κ2) is 5.85. The Morgan fingerprint density at radius 1 is 1.54 bits per heavy atom. The Kier molecular flexibility index (Phi) is 5.08. The van der Waals surface area contributed by atoms with Crippen LogP contribution in [0, 0.1) is 12.3 Å². The van der Waals surface area contributed by atoms with Gasteiger partial charge in [0.1, 0.15) is 0 Å². The molecule has 3 unspecified atom stereocenters. The van der Waals surface area contributed by atoms with E-state index in [1.807, 2.05) is 23.5 Å². The first kappa shape index (κ1) is 11.3. The quantitative estimate of drug-likeness (QED) is 0.729. The smallest absolute Gasteiger partial charge is 0.0678 e. The van der Waals surface area contributed by atoms with E-state index in [2.05, 4.69) is 12.8 Å². The van der Waals surface area contributed by atoms with E-state index in [1.165, 1.54) is 5.75 Å². The summed E-state index contributed by atoms with van der Waals surface area (Å²) in [7, 11) is 0. The number of hydrogen-bond acceptors (Lipinski definition) is 3. The number of rotatable bonds is 3. The molecular weight excluding hydrogens is 200 g/mol. The first-order valence-electron chi connectivity index (χ1n) is 4.60. The summed E-state index contributed by atoms with van der Waals surface area (Å²) in [5.74, 6) is 4.95. The molecule has 1 heterocycles. The summed E-state index contributed by atoms with van der Waals surface area (Å²) in [6, 6.07) is 0. The minimum absolute atomic E-state index is 0.219. The Bertz CT molecular complexity index is 188. The van der Waals surface area contributed by atoms with Crippen LogP contribution in [-0.2, 0) is 0 Å². The van der Waals surface area contributed by atoms with Crippen molar-refractivity contribution in [3.63, 3.8) is 0 Å². The summed E-state index contributed by atoms with van der Waals surface area (Å²) < 4.78 is 0. The predicted molar refractivity (Wildman–Crippen MR) is 62.2 cm³/mol. The van der Waals surface area contributed by atoms with Gasteiger partial charge in [0.2, 0.25) is 0 Å². The molecule has 0 spiro atoms. The summed E-state index contributed by atoms with van der Waals surface area (Å²) >= 11 is 3.85. The zero-order valence-corrected chi connectivity index (χ0v) is 9.53. The Balaban J connectivity index is 2.35. The van der Waals surface area contributed by atoms with Crippen molar-refractivity contribution in [3.05, 3.63) is 0 Å². The first-order valence-corrected chi connectivity index (χ1v) is 6.70. The number of aliphatic hydroxyl groups is 1. The van der Waals surface area contributed by atoms with E-state index in [0.717, 1.165) is 12.2 Å². The van der Waals surface area contributed by atoms with E-state index in [-0.39, 0.29) is 6.10 Å². The molecule has 0 amide bonds. The zero-order chi connectivity index (χ0) is 9.68. The van der Waals surface area contributed by atoms with Crippen molar-refractivity contribution in [2.75, 3.05) is 11.5 Å². The molecule has 0 aromatic rings. The van der Waals surface area contributed by atoms with Crippen molar-refractivity contribution < 1.29 is 5.11 Å². The van der Waals surface area contributed by atoms with Crippen LogP contribution in [0.1, 0.15) is 19.8 Å². The summed E-state index contributed by atoms with van der Waals surface area (Å²) in [6.45, 7) is 2.20. The third-order valence-corrected chi connectivity index (χ3v) is 5.44. The van der Waals surface area contributed by atoms with Crippen LogP contribution in [0.3, 0.4) is 0 Å². The van der Waals surface area contributed by atoms with Gasteiger partial charge in [-0.3, -0.25) is 0 Å². The largest absolute Gasteiger partial charge is 0.392 e. The van der Waals surface area contributed by atoms with Crippen LogP contribution >= 0.6 is 23.5 Å². The van der Waals surface area contributed by atoms with Crippen LogP contribution in [0.25, 0.3) is 0 Å². The Morgan fingerprint density at radius 2 is 2.23 bits per heavy atom.